The number of hydrogen-bond donors (Lipinski definition) is 3. The summed E-state index contributed by atoms with van der Waals surface area (Å²) in [6, 6.07) is 0. The molecule has 0 aromatic carbocycles. The van der Waals surface area contributed by atoms with Crippen LogP contribution in [0.1, 0.15) is 25.7 Å². The van der Waals surface area contributed by atoms with Gasteiger partial charge in [-0.25, -0.2) is 4.79 Å². The van der Waals surface area contributed by atoms with Gasteiger partial charge in [0.2, 0.25) is 5.91 Å². The Morgan fingerprint density at radius 3 is 2.50 bits per heavy atom. The van der Waals surface area contributed by atoms with Crippen molar-refractivity contribution < 1.29 is 19.4 Å². The SMILES string of the molecule is O=C(CNCC1CC1)NC1(C(=O)O)CCOCC1. The summed E-state index contributed by atoms with van der Waals surface area (Å²) >= 11 is 0. The molecular weight excluding hydrogens is 236 g/mol. The summed E-state index contributed by atoms with van der Waals surface area (Å²) < 4.78 is 5.15. The number of carbonyl (C=O) groups is 2. The molecule has 2 fully saturated rings. The normalized spacial score (nSPS) is 22.4. The molecule has 0 unspecified atom stereocenters. The van der Waals surface area contributed by atoms with Crippen molar-refractivity contribution in [2.24, 2.45) is 5.92 Å². The first-order valence-electron chi connectivity index (χ1n) is 6.45. The summed E-state index contributed by atoms with van der Waals surface area (Å²) in [7, 11) is 0. The van der Waals surface area contributed by atoms with E-state index in [1.165, 1.54) is 12.8 Å². The first kappa shape index (κ1) is 13.3. The van der Waals surface area contributed by atoms with Crippen molar-refractivity contribution in [1.29, 1.82) is 0 Å². The van der Waals surface area contributed by atoms with Crippen molar-refractivity contribution in [2.45, 2.75) is 31.2 Å². The molecule has 1 saturated heterocycles. The number of carboxylic acids is 1. The van der Waals surface area contributed by atoms with Gasteiger partial charge in [-0.3, -0.25) is 4.79 Å². The van der Waals surface area contributed by atoms with Crippen LogP contribution in [0.2, 0.25) is 0 Å². The van der Waals surface area contributed by atoms with Gasteiger partial charge in [0.15, 0.2) is 0 Å². The van der Waals surface area contributed by atoms with E-state index >= 15 is 0 Å². The summed E-state index contributed by atoms with van der Waals surface area (Å²) in [5.74, 6) is -0.518. The van der Waals surface area contributed by atoms with Gasteiger partial charge in [-0.2, -0.15) is 0 Å². The quantitative estimate of drug-likeness (QED) is 0.609. The average Bonchev–Trinajstić information content (AvgIpc) is 3.14. The van der Waals surface area contributed by atoms with E-state index < -0.39 is 11.5 Å². The standard InChI is InChI=1S/C12H20N2O4/c15-10(8-13-7-9-1-2-9)14-12(11(16)17)3-5-18-6-4-12/h9,13H,1-8H2,(H,14,15)(H,16,17). The molecule has 0 radical (unpaired) electrons. The Morgan fingerprint density at radius 2 is 1.94 bits per heavy atom. The maximum Gasteiger partial charge on any atom is 0.329 e. The van der Waals surface area contributed by atoms with Gasteiger partial charge in [-0.05, 0) is 25.3 Å². The second-order valence-corrected chi connectivity index (χ2v) is 5.12. The zero-order valence-electron chi connectivity index (χ0n) is 10.4. The molecule has 1 aliphatic carbocycles. The van der Waals surface area contributed by atoms with Crippen LogP contribution in [0.25, 0.3) is 0 Å². The average molecular weight is 256 g/mol. The topological polar surface area (TPSA) is 87.7 Å². The molecule has 2 rings (SSSR count). The van der Waals surface area contributed by atoms with Crippen molar-refractivity contribution >= 4 is 11.9 Å². The van der Waals surface area contributed by atoms with Gasteiger partial charge < -0.3 is 20.5 Å². The third-order valence-electron chi connectivity index (χ3n) is 3.55. The Balaban J connectivity index is 1.79. The third-order valence-corrected chi connectivity index (χ3v) is 3.55. The lowest BCUT2D eigenvalue weighted by atomic mass is 9.90. The van der Waals surface area contributed by atoms with Gasteiger partial charge in [0.25, 0.3) is 0 Å². The molecule has 102 valence electrons. The van der Waals surface area contributed by atoms with Gasteiger partial charge in [0.05, 0.1) is 6.54 Å². The van der Waals surface area contributed by atoms with Crippen molar-refractivity contribution in [3.8, 4) is 0 Å². The fourth-order valence-electron chi connectivity index (χ4n) is 2.14. The molecule has 18 heavy (non-hydrogen) atoms. The summed E-state index contributed by atoms with van der Waals surface area (Å²) in [6.45, 7) is 1.78. The van der Waals surface area contributed by atoms with Crippen LogP contribution in [0, 0.1) is 5.92 Å². The van der Waals surface area contributed by atoms with E-state index in [4.69, 9.17) is 4.74 Å². The number of rotatable bonds is 6. The van der Waals surface area contributed by atoms with Gasteiger partial charge in [-0.15, -0.1) is 0 Å². The molecule has 2 aliphatic rings. The molecule has 1 heterocycles. The summed E-state index contributed by atoms with van der Waals surface area (Å²) in [5.41, 5.74) is -1.14. The molecule has 0 aromatic heterocycles. The predicted octanol–water partition coefficient (Wildman–Crippen LogP) is -0.264. The first-order chi connectivity index (χ1) is 8.62. The van der Waals surface area contributed by atoms with Crippen LogP contribution < -0.4 is 10.6 Å². The second kappa shape index (κ2) is 5.67. The molecule has 6 heteroatoms. The minimum atomic E-state index is -1.14. The Kier molecular flexibility index (Phi) is 4.19. The van der Waals surface area contributed by atoms with Crippen LogP contribution in [0.3, 0.4) is 0 Å². The highest BCUT2D eigenvalue weighted by atomic mass is 16.5. The Morgan fingerprint density at radius 1 is 1.28 bits per heavy atom. The Bertz CT molecular complexity index is 322. The number of nitrogens with one attached hydrogen (secondary N) is 2. The van der Waals surface area contributed by atoms with Crippen LogP contribution in [0.5, 0.6) is 0 Å². The lowest BCUT2D eigenvalue weighted by Gasteiger charge is -2.33. The van der Waals surface area contributed by atoms with Crippen LogP contribution in [0.4, 0.5) is 0 Å². The molecule has 0 atom stereocenters. The monoisotopic (exact) mass is 256 g/mol. The fourth-order valence-corrected chi connectivity index (χ4v) is 2.14. The van der Waals surface area contributed by atoms with E-state index in [0.717, 1.165) is 6.54 Å². The Hall–Kier alpha value is -1.14. The molecule has 1 aliphatic heterocycles. The van der Waals surface area contributed by atoms with Crippen LogP contribution in [-0.4, -0.2) is 48.8 Å². The molecule has 1 amide bonds. The molecule has 0 aromatic rings. The summed E-state index contributed by atoms with van der Waals surface area (Å²) in [6.07, 6.45) is 3.11. The van der Waals surface area contributed by atoms with E-state index in [-0.39, 0.29) is 12.5 Å². The highest BCUT2D eigenvalue weighted by molar-refractivity contribution is 5.88. The smallest absolute Gasteiger partial charge is 0.329 e. The zero-order valence-corrected chi connectivity index (χ0v) is 10.4. The van der Waals surface area contributed by atoms with Gasteiger partial charge in [-0.1, -0.05) is 0 Å². The maximum atomic E-state index is 11.7. The van der Waals surface area contributed by atoms with E-state index in [0.29, 0.717) is 32.0 Å². The summed E-state index contributed by atoms with van der Waals surface area (Å²) in [4.78, 5) is 23.1. The highest BCUT2D eigenvalue weighted by Gasteiger charge is 2.41. The van der Waals surface area contributed by atoms with Crippen molar-refractivity contribution in [3.63, 3.8) is 0 Å². The van der Waals surface area contributed by atoms with Gasteiger partial charge in [0, 0.05) is 26.1 Å². The lowest BCUT2D eigenvalue weighted by molar-refractivity contribution is -0.152. The maximum absolute atomic E-state index is 11.7. The van der Waals surface area contributed by atoms with Crippen molar-refractivity contribution in [3.05, 3.63) is 0 Å². The van der Waals surface area contributed by atoms with Gasteiger partial charge >= 0.3 is 5.97 Å². The van der Waals surface area contributed by atoms with E-state index in [1.807, 2.05) is 0 Å². The van der Waals surface area contributed by atoms with E-state index in [1.54, 1.807) is 0 Å². The summed E-state index contributed by atoms with van der Waals surface area (Å²) in [5, 5.41) is 15.0. The third kappa shape index (κ3) is 3.43. The molecule has 3 N–H and O–H groups in total. The molecule has 6 nitrogen and oxygen atoms in total. The second-order valence-electron chi connectivity index (χ2n) is 5.12. The largest absolute Gasteiger partial charge is 0.480 e. The predicted molar refractivity (Wildman–Crippen MR) is 64.2 cm³/mol. The van der Waals surface area contributed by atoms with E-state index in [2.05, 4.69) is 10.6 Å². The van der Waals surface area contributed by atoms with Crippen molar-refractivity contribution in [2.75, 3.05) is 26.3 Å². The minimum Gasteiger partial charge on any atom is -0.480 e. The molecule has 1 saturated carbocycles. The van der Waals surface area contributed by atoms with Crippen LogP contribution >= 0.6 is 0 Å². The fraction of sp³-hybridized carbons (Fsp3) is 0.833. The lowest BCUT2D eigenvalue weighted by Crippen LogP contribution is -2.58. The number of carboxylic acid groups (broad SMARTS) is 1. The van der Waals surface area contributed by atoms with Crippen molar-refractivity contribution in [1.82, 2.24) is 10.6 Å². The molecule has 0 spiro atoms. The van der Waals surface area contributed by atoms with Gasteiger partial charge in [0.1, 0.15) is 5.54 Å². The number of hydrogen-bond acceptors (Lipinski definition) is 4. The van der Waals surface area contributed by atoms with Crippen LogP contribution in [0.15, 0.2) is 0 Å². The number of aliphatic carboxylic acids is 1. The number of ether oxygens (including phenoxy) is 1. The Labute approximate surface area is 106 Å². The minimum absolute atomic E-state index is 0.187. The zero-order chi connectivity index (χ0) is 13.0. The van der Waals surface area contributed by atoms with E-state index in [9.17, 15) is 14.7 Å². The first-order valence-corrected chi connectivity index (χ1v) is 6.45. The number of carbonyl (C=O) groups excluding carboxylic acids is 1. The molecule has 0 bridgehead atoms. The highest BCUT2D eigenvalue weighted by Crippen LogP contribution is 2.27. The number of amides is 1. The molecular formula is C12H20N2O4. The van der Waals surface area contributed by atoms with Crippen LogP contribution in [-0.2, 0) is 14.3 Å².